The van der Waals surface area contributed by atoms with Gasteiger partial charge in [-0.25, -0.2) is 0 Å². The van der Waals surface area contributed by atoms with E-state index in [1.165, 1.54) is 0 Å². The standard InChI is InChI=1S/C12H20N4O/c1-9(13)12(17)16-6-3-4-10(8-16)11-5-7-15(2)14-11/h5,7,9-10H,3-4,6,8,13H2,1-2H3/t9-,10-/m0/s1. The highest BCUT2D eigenvalue weighted by atomic mass is 16.2. The largest absolute Gasteiger partial charge is 0.341 e. The third-order valence-corrected chi connectivity index (χ3v) is 3.28. The first-order valence-corrected chi connectivity index (χ1v) is 6.12. The number of hydrogen-bond acceptors (Lipinski definition) is 3. The summed E-state index contributed by atoms with van der Waals surface area (Å²) in [6.45, 7) is 3.31. The van der Waals surface area contributed by atoms with E-state index in [2.05, 4.69) is 5.10 Å². The van der Waals surface area contributed by atoms with Crippen LogP contribution in [0.25, 0.3) is 0 Å². The van der Waals surface area contributed by atoms with Crippen molar-refractivity contribution in [2.45, 2.75) is 31.7 Å². The zero-order valence-corrected chi connectivity index (χ0v) is 10.5. The van der Waals surface area contributed by atoms with Crippen LogP contribution in [0.2, 0.25) is 0 Å². The van der Waals surface area contributed by atoms with E-state index in [0.29, 0.717) is 5.92 Å². The molecule has 1 aliphatic rings. The molecular formula is C12H20N4O. The van der Waals surface area contributed by atoms with Gasteiger partial charge in [0.15, 0.2) is 0 Å². The number of piperidine rings is 1. The Morgan fingerprint density at radius 1 is 1.65 bits per heavy atom. The first-order valence-electron chi connectivity index (χ1n) is 6.12. The predicted octanol–water partition coefficient (Wildman–Crippen LogP) is 0.473. The van der Waals surface area contributed by atoms with Crippen LogP contribution < -0.4 is 5.73 Å². The summed E-state index contributed by atoms with van der Waals surface area (Å²) in [4.78, 5) is 13.7. The highest BCUT2D eigenvalue weighted by Crippen LogP contribution is 2.25. The molecule has 2 rings (SSSR count). The lowest BCUT2D eigenvalue weighted by Gasteiger charge is -2.33. The summed E-state index contributed by atoms with van der Waals surface area (Å²) in [5.41, 5.74) is 6.72. The Kier molecular flexibility index (Phi) is 3.47. The molecule has 0 spiro atoms. The maximum Gasteiger partial charge on any atom is 0.239 e. The number of nitrogens with two attached hydrogens (primary N) is 1. The second-order valence-electron chi connectivity index (χ2n) is 4.83. The van der Waals surface area contributed by atoms with Gasteiger partial charge in [-0.05, 0) is 25.8 Å². The minimum atomic E-state index is -0.405. The average Bonchev–Trinajstić information content (AvgIpc) is 2.75. The van der Waals surface area contributed by atoms with Crippen molar-refractivity contribution < 1.29 is 4.79 Å². The van der Waals surface area contributed by atoms with Gasteiger partial charge in [0.1, 0.15) is 0 Å². The van der Waals surface area contributed by atoms with Gasteiger partial charge in [-0.3, -0.25) is 9.48 Å². The van der Waals surface area contributed by atoms with E-state index in [1.807, 2.05) is 28.9 Å². The van der Waals surface area contributed by atoms with Crippen LogP contribution in [0.1, 0.15) is 31.4 Å². The van der Waals surface area contributed by atoms with E-state index in [-0.39, 0.29) is 5.91 Å². The molecule has 1 saturated heterocycles. The van der Waals surface area contributed by atoms with Crippen molar-refractivity contribution in [3.8, 4) is 0 Å². The number of carbonyl (C=O) groups is 1. The van der Waals surface area contributed by atoms with Crippen LogP contribution in [-0.2, 0) is 11.8 Å². The first-order chi connectivity index (χ1) is 8.08. The smallest absolute Gasteiger partial charge is 0.239 e. The zero-order chi connectivity index (χ0) is 12.4. The summed E-state index contributed by atoms with van der Waals surface area (Å²) in [6, 6.07) is 1.63. The molecule has 2 atom stereocenters. The maximum absolute atomic E-state index is 11.9. The highest BCUT2D eigenvalue weighted by molar-refractivity contribution is 5.81. The minimum Gasteiger partial charge on any atom is -0.341 e. The third kappa shape index (κ3) is 2.66. The van der Waals surface area contributed by atoms with Crippen LogP contribution in [0.5, 0.6) is 0 Å². The maximum atomic E-state index is 11.9. The molecule has 1 aliphatic heterocycles. The molecule has 0 aliphatic carbocycles. The normalized spacial score (nSPS) is 22.5. The SMILES string of the molecule is C[C@H](N)C(=O)N1CCC[C@H](c2ccn(C)n2)C1. The summed E-state index contributed by atoms with van der Waals surface area (Å²) >= 11 is 0. The molecule has 94 valence electrons. The van der Waals surface area contributed by atoms with Gasteiger partial charge in [0.05, 0.1) is 11.7 Å². The fraction of sp³-hybridized carbons (Fsp3) is 0.667. The van der Waals surface area contributed by atoms with Crippen molar-refractivity contribution >= 4 is 5.91 Å². The van der Waals surface area contributed by atoms with Crippen LogP contribution in [-0.4, -0.2) is 39.7 Å². The Morgan fingerprint density at radius 3 is 3.00 bits per heavy atom. The van der Waals surface area contributed by atoms with Crippen LogP contribution in [0.4, 0.5) is 0 Å². The number of hydrogen-bond donors (Lipinski definition) is 1. The van der Waals surface area contributed by atoms with Crippen molar-refractivity contribution in [3.63, 3.8) is 0 Å². The van der Waals surface area contributed by atoms with Gasteiger partial charge in [0.2, 0.25) is 5.91 Å². The lowest BCUT2D eigenvalue weighted by atomic mass is 9.94. The molecular weight excluding hydrogens is 216 g/mol. The van der Waals surface area contributed by atoms with Crippen molar-refractivity contribution in [3.05, 3.63) is 18.0 Å². The molecule has 0 saturated carbocycles. The Balaban J connectivity index is 2.04. The molecule has 1 aromatic heterocycles. The minimum absolute atomic E-state index is 0.0469. The highest BCUT2D eigenvalue weighted by Gasteiger charge is 2.27. The van der Waals surface area contributed by atoms with Gasteiger partial charge in [-0.15, -0.1) is 0 Å². The number of rotatable bonds is 2. The summed E-state index contributed by atoms with van der Waals surface area (Å²) < 4.78 is 1.81. The summed E-state index contributed by atoms with van der Waals surface area (Å²) in [6.07, 6.45) is 4.07. The van der Waals surface area contributed by atoms with Gasteiger partial charge < -0.3 is 10.6 Å². The number of aromatic nitrogens is 2. The Labute approximate surface area is 102 Å². The van der Waals surface area contributed by atoms with Crippen molar-refractivity contribution in [1.29, 1.82) is 0 Å². The molecule has 17 heavy (non-hydrogen) atoms. The van der Waals surface area contributed by atoms with Gasteiger partial charge in [0, 0.05) is 32.3 Å². The molecule has 5 heteroatoms. The fourth-order valence-corrected chi connectivity index (χ4v) is 2.36. The van der Waals surface area contributed by atoms with E-state index < -0.39 is 6.04 Å². The Bertz CT molecular complexity index is 399. The molecule has 0 unspecified atom stereocenters. The molecule has 1 aromatic rings. The zero-order valence-electron chi connectivity index (χ0n) is 10.5. The van der Waals surface area contributed by atoms with Crippen molar-refractivity contribution in [2.24, 2.45) is 12.8 Å². The number of amides is 1. The van der Waals surface area contributed by atoms with Crippen LogP contribution in [0, 0.1) is 0 Å². The summed E-state index contributed by atoms with van der Waals surface area (Å²) in [5.74, 6) is 0.401. The van der Waals surface area contributed by atoms with Crippen molar-refractivity contribution in [2.75, 3.05) is 13.1 Å². The van der Waals surface area contributed by atoms with E-state index in [4.69, 9.17) is 5.73 Å². The molecule has 1 fully saturated rings. The molecule has 0 radical (unpaired) electrons. The lowest BCUT2D eigenvalue weighted by Crippen LogP contribution is -2.46. The number of nitrogens with zero attached hydrogens (tertiary/aromatic N) is 3. The van der Waals surface area contributed by atoms with Gasteiger partial charge >= 0.3 is 0 Å². The monoisotopic (exact) mass is 236 g/mol. The predicted molar refractivity (Wildman–Crippen MR) is 65.4 cm³/mol. The molecule has 2 heterocycles. The van der Waals surface area contributed by atoms with Crippen molar-refractivity contribution in [1.82, 2.24) is 14.7 Å². The molecule has 0 bridgehead atoms. The average molecular weight is 236 g/mol. The number of likely N-dealkylation sites (tertiary alicyclic amines) is 1. The molecule has 5 nitrogen and oxygen atoms in total. The molecule has 1 amide bonds. The molecule has 2 N–H and O–H groups in total. The van der Waals surface area contributed by atoms with E-state index >= 15 is 0 Å². The van der Waals surface area contributed by atoms with E-state index in [0.717, 1.165) is 31.6 Å². The Hall–Kier alpha value is -1.36. The number of carbonyl (C=O) groups excluding carboxylic acids is 1. The van der Waals surface area contributed by atoms with Crippen LogP contribution in [0.3, 0.4) is 0 Å². The van der Waals surface area contributed by atoms with Gasteiger partial charge in [0.25, 0.3) is 0 Å². The second-order valence-corrected chi connectivity index (χ2v) is 4.83. The second kappa shape index (κ2) is 4.87. The summed E-state index contributed by atoms with van der Waals surface area (Å²) in [5, 5.41) is 4.42. The third-order valence-electron chi connectivity index (χ3n) is 3.28. The quantitative estimate of drug-likeness (QED) is 0.812. The van der Waals surface area contributed by atoms with Crippen LogP contribution >= 0.6 is 0 Å². The van der Waals surface area contributed by atoms with E-state index in [1.54, 1.807) is 6.92 Å². The topological polar surface area (TPSA) is 64.2 Å². The van der Waals surface area contributed by atoms with Gasteiger partial charge in [-0.1, -0.05) is 0 Å². The molecule has 0 aromatic carbocycles. The first kappa shape index (κ1) is 12.1. The fourth-order valence-electron chi connectivity index (χ4n) is 2.36. The van der Waals surface area contributed by atoms with Gasteiger partial charge in [-0.2, -0.15) is 5.10 Å². The van der Waals surface area contributed by atoms with Crippen LogP contribution in [0.15, 0.2) is 12.3 Å². The summed E-state index contributed by atoms with van der Waals surface area (Å²) in [7, 11) is 1.91. The lowest BCUT2D eigenvalue weighted by molar-refractivity contribution is -0.133. The number of aryl methyl sites for hydroxylation is 1. The van der Waals surface area contributed by atoms with E-state index in [9.17, 15) is 4.79 Å². The Morgan fingerprint density at radius 2 is 2.41 bits per heavy atom.